The predicted octanol–water partition coefficient (Wildman–Crippen LogP) is 3.27. The van der Waals surface area contributed by atoms with Gasteiger partial charge in [-0.05, 0) is 74.7 Å². The molecule has 1 aromatic heterocycles. The van der Waals surface area contributed by atoms with Crippen LogP contribution in [0.4, 0.5) is 4.39 Å². The van der Waals surface area contributed by atoms with Crippen LogP contribution in [0.2, 0.25) is 0 Å². The number of aliphatic imine (C=N–C) groups is 1. The maximum absolute atomic E-state index is 13.2. The third-order valence-corrected chi connectivity index (χ3v) is 5.13. The highest BCUT2D eigenvalue weighted by molar-refractivity contribution is 5.79. The molecule has 2 aromatic rings. The highest BCUT2D eigenvalue weighted by Gasteiger charge is 2.25. The zero-order valence-corrected chi connectivity index (χ0v) is 16.2. The van der Waals surface area contributed by atoms with E-state index in [-0.39, 0.29) is 11.9 Å². The largest absolute Gasteiger partial charge is 0.468 e. The summed E-state index contributed by atoms with van der Waals surface area (Å²) in [7, 11) is 1.77. The molecule has 0 aliphatic carbocycles. The summed E-state index contributed by atoms with van der Waals surface area (Å²) in [6.07, 6.45) is 5.03. The number of furan rings is 1. The second-order valence-corrected chi connectivity index (χ2v) is 6.97. The normalized spacial score (nSPS) is 16.5. The first-order valence-corrected chi connectivity index (χ1v) is 9.64. The van der Waals surface area contributed by atoms with Crippen LogP contribution in [0.25, 0.3) is 0 Å². The molecule has 2 N–H and O–H groups in total. The van der Waals surface area contributed by atoms with E-state index in [2.05, 4.69) is 20.5 Å². The van der Waals surface area contributed by atoms with E-state index >= 15 is 0 Å². The molecule has 1 unspecified atom stereocenters. The Morgan fingerprint density at radius 2 is 2.07 bits per heavy atom. The van der Waals surface area contributed by atoms with Gasteiger partial charge in [0, 0.05) is 20.1 Å². The molecule has 0 bridgehead atoms. The van der Waals surface area contributed by atoms with Gasteiger partial charge in [-0.3, -0.25) is 9.89 Å². The number of likely N-dealkylation sites (tertiary alicyclic amines) is 1. The molecule has 27 heavy (non-hydrogen) atoms. The van der Waals surface area contributed by atoms with Crippen LogP contribution in [0.1, 0.15) is 35.8 Å². The Hall–Kier alpha value is -2.34. The van der Waals surface area contributed by atoms with E-state index in [4.69, 9.17) is 4.42 Å². The number of hydrogen-bond donors (Lipinski definition) is 2. The molecule has 146 valence electrons. The molecule has 5 nitrogen and oxygen atoms in total. The lowest BCUT2D eigenvalue weighted by molar-refractivity contribution is 0.215. The van der Waals surface area contributed by atoms with E-state index in [9.17, 15) is 4.39 Å². The fourth-order valence-corrected chi connectivity index (χ4v) is 3.61. The summed E-state index contributed by atoms with van der Waals surface area (Å²) >= 11 is 0. The lowest BCUT2D eigenvalue weighted by Gasteiger charge is -2.26. The molecule has 3 rings (SSSR count). The summed E-state index contributed by atoms with van der Waals surface area (Å²) in [6, 6.07) is 9.13. The Morgan fingerprint density at radius 3 is 2.74 bits per heavy atom. The predicted molar refractivity (Wildman–Crippen MR) is 106 cm³/mol. The third kappa shape index (κ3) is 5.32. The van der Waals surface area contributed by atoms with Crippen molar-refractivity contribution in [2.24, 2.45) is 4.99 Å². The van der Waals surface area contributed by atoms with E-state index in [1.807, 2.05) is 25.1 Å². The van der Waals surface area contributed by atoms with E-state index in [1.165, 1.54) is 18.9 Å². The van der Waals surface area contributed by atoms with Crippen molar-refractivity contribution in [2.75, 3.05) is 33.2 Å². The molecule has 1 aliphatic rings. The Morgan fingerprint density at radius 1 is 1.26 bits per heavy atom. The number of aryl methyl sites for hydroxylation is 1. The minimum absolute atomic E-state index is 0.187. The fourth-order valence-electron chi connectivity index (χ4n) is 3.61. The van der Waals surface area contributed by atoms with Gasteiger partial charge in [0.1, 0.15) is 11.6 Å². The minimum atomic E-state index is -0.187. The minimum Gasteiger partial charge on any atom is -0.468 e. The number of nitrogens with one attached hydrogen (secondary N) is 2. The van der Waals surface area contributed by atoms with Gasteiger partial charge in [-0.15, -0.1) is 0 Å². The van der Waals surface area contributed by atoms with Gasteiger partial charge in [-0.2, -0.15) is 0 Å². The van der Waals surface area contributed by atoms with Gasteiger partial charge >= 0.3 is 0 Å². The summed E-state index contributed by atoms with van der Waals surface area (Å²) < 4.78 is 18.9. The van der Waals surface area contributed by atoms with Gasteiger partial charge < -0.3 is 15.1 Å². The molecule has 1 aromatic carbocycles. The van der Waals surface area contributed by atoms with Crippen molar-refractivity contribution < 1.29 is 8.81 Å². The number of nitrogens with zero attached hydrogens (tertiary/aromatic N) is 2. The topological polar surface area (TPSA) is 52.8 Å². The lowest BCUT2D eigenvalue weighted by Crippen LogP contribution is -2.43. The molecule has 0 amide bonds. The number of rotatable bonds is 7. The van der Waals surface area contributed by atoms with Crippen LogP contribution >= 0.6 is 0 Å². The van der Waals surface area contributed by atoms with Crippen LogP contribution in [0.3, 0.4) is 0 Å². The molecular weight excluding hydrogens is 343 g/mol. The first-order valence-electron chi connectivity index (χ1n) is 9.64. The summed E-state index contributed by atoms with van der Waals surface area (Å²) in [6.45, 7) is 5.62. The Labute approximate surface area is 160 Å². The van der Waals surface area contributed by atoms with Gasteiger partial charge in [0.05, 0.1) is 12.3 Å². The van der Waals surface area contributed by atoms with Gasteiger partial charge in [-0.25, -0.2) is 4.39 Å². The van der Waals surface area contributed by atoms with E-state index in [0.717, 1.165) is 55.4 Å². The Bertz CT molecular complexity index is 739. The number of hydrogen-bond acceptors (Lipinski definition) is 3. The van der Waals surface area contributed by atoms with Crippen LogP contribution in [0.5, 0.6) is 0 Å². The lowest BCUT2D eigenvalue weighted by atomic mass is 10.1. The van der Waals surface area contributed by atoms with Crippen molar-refractivity contribution in [1.29, 1.82) is 0 Å². The quantitative estimate of drug-likeness (QED) is 0.579. The zero-order valence-electron chi connectivity index (χ0n) is 16.2. The summed E-state index contributed by atoms with van der Waals surface area (Å²) in [5.74, 6) is 1.57. The summed E-state index contributed by atoms with van der Waals surface area (Å²) in [5.41, 5.74) is 2.12. The van der Waals surface area contributed by atoms with Crippen LogP contribution < -0.4 is 10.6 Å². The Kier molecular flexibility index (Phi) is 6.87. The fraction of sp³-hybridized carbons (Fsp3) is 0.476. The van der Waals surface area contributed by atoms with Crippen molar-refractivity contribution in [3.63, 3.8) is 0 Å². The smallest absolute Gasteiger partial charge is 0.191 e. The van der Waals surface area contributed by atoms with Crippen LogP contribution in [0, 0.1) is 12.7 Å². The van der Waals surface area contributed by atoms with Crippen LogP contribution in [-0.2, 0) is 6.42 Å². The first-order chi connectivity index (χ1) is 13.2. The van der Waals surface area contributed by atoms with Crippen molar-refractivity contribution in [1.82, 2.24) is 15.5 Å². The van der Waals surface area contributed by atoms with Crippen molar-refractivity contribution in [3.05, 3.63) is 59.3 Å². The van der Waals surface area contributed by atoms with Gasteiger partial charge in [0.2, 0.25) is 0 Å². The summed E-state index contributed by atoms with van der Waals surface area (Å²) in [4.78, 5) is 6.78. The van der Waals surface area contributed by atoms with Crippen LogP contribution in [-0.4, -0.2) is 44.1 Å². The van der Waals surface area contributed by atoms with E-state index in [0.29, 0.717) is 0 Å². The molecule has 1 saturated heterocycles. The standard InChI is InChI=1S/C21H29FN4O/c1-16-14-18(22)8-7-17(16)9-10-24-21(23-2)25-15-19(20-6-5-13-27-20)26-11-3-4-12-26/h5-8,13-14,19H,3-4,9-12,15H2,1-2H3,(H2,23,24,25). The third-order valence-electron chi connectivity index (χ3n) is 5.13. The monoisotopic (exact) mass is 372 g/mol. The van der Waals surface area contributed by atoms with Gasteiger partial charge in [0.15, 0.2) is 5.96 Å². The molecular formula is C21H29FN4O. The highest BCUT2D eigenvalue weighted by Crippen LogP contribution is 2.24. The molecule has 1 fully saturated rings. The molecule has 0 spiro atoms. The second-order valence-electron chi connectivity index (χ2n) is 6.97. The SMILES string of the molecule is CN=C(NCCc1ccc(F)cc1C)NCC(c1ccco1)N1CCCC1. The maximum Gasteiger partial charge on any atom is 0.191 e. The average Bonchev–Trinajstić information content (AvgIpc) is 3.36. The number of guanidine groups is 1. The number of benzene rings is 1. The van der Waals surface area contributed by atoms with Crippen LogP contribution in [0.15, 0.2) is 46.0 Å². The van der Waals surface area contributed by atoms with Gasteiger partial charge in [-0.1, -0.05) is 6.07 Å². The van der Waals surface area contributed by atoms with Crippen molar-refractivity contribution in [2.45, 2.75) is 32.2 Å². The molecule has 2 heterocycles. The highest BCUT2D eigenvalue weighted by atomic mass is 19.1. The average molecular weight is 372 g/mol. The van der Waals surface area contributed by atoms with E-state index in [1.54, 1.807) is 19.4 Å². The van der Waals surface area contributed by atoms with E-state index < -0.39 is 0 Å². The molecule has 1 atom stereocenters. The van der Waals surface area contributed by atoms with Crippen molar-refractivity contribution >= 4 is 5.96 Å². The summed E-state index contributed by atoms with van der Waals surface area (Å²) in [5, 5.41) is 6.77. The molecule has 6 heteroatoms. The second kappa shape index (κ2) is 9.55. The molecule has 0 saturated carbocycles. The molecule has 1 aliphatic heterocycles. The molecule has 0 radical (unpaired) electrons. The zero-order chi connectivity index (χ0) is 19.1. The number of halogens is 1. The van der Waals surface area contributed by atoms with Gasteiger partial charge in [0.25, 0.3) is 0 Å². The first kappa shape index (κ1) is 19.4. The maximum atomic E-state index is 13.2. The Balaban J connectivity index is 1.51. The van der Waals surface area contributed by atoms with Crippen molar-refractivity contribution in [3.8, 4) is 0 Å².